The fourth-order valence-corrected chi connectivity index (χ4v) is 3.96. The highest BCUT2D eigenvalue weighted by atomic mass is 19.1. The van der Waals surface area contributed by atoms with Crippen LogP contribution < -0.4 is 5.32 Å². The molecule has 0 bridgehead atoms. The molecule has 0 spiro atoms. The Labute approximate surface area is 177 Å². The number of aliphatic hydroxyl groups is 1. The Bertz CT molecular complexity index is 1090. The topological polar surface area (TPSA) is 95.9 Å². The molecule has 3 N–H and O–H groups in total. The number of fused-ring (bicyclic) bond motifs is 3. The molecular formula is C24H20FNO5. The minimum absolute atomic E-state index is 0.00696. The van der Waals surface area contributed by atoms with Crippen molar-refractivity contribution in [3.05, 3.63) is 95.3 Å². The number of alkyl carbamates (subject to hydrolysis) is 1. The van der Waals surface area contributed by atoms with Crippen LogP contribution in [0.5, 0.6) is 0 Å². The zero-order valence-corrected chi connectivity index (χ0v) is 16.4. The molecular weight excluding hydrogens is 401 g/mol. The van der Waals surface area contributed by atoms with Crippen LogP contribution in [0, 0.1) is 5.82 Å². The predicted octanol–water partition coefficient (Wildman–Crippen LogP) is 3.85. The van der Waals surface area contributed by atoms with E-state index in [0.29, 0.717) is 0 Å². The quantitative estimate of drug-likeness (QED) is 0.562. The molecule has 0 aromatic heterocycles. The first-order chi connectivity index (χ1) is 15.0. The van der Waals surface area contributed by atoms with Gasteiger partial charge in [0.25, 0.3) is 0 Å². The molecule has 3 aromatic rings. The lowest BCUT2D eigenvalue weighted by molar-refractivity contribution is -0.148. The maximum atomic E-state index is 14.2. The van der Waals surface area contributed by atoms with Crippen LogP contribution in [0.1, 0.15) is 28.7 Å². The number of carboxylic acids is 1. The summed E-state index contributed by atoms with van der Waals surface area (Å²) in [4.78, 5) is 23.8. The normalized spacial score (nSPS) is 14.3. The average Bonchev–Trinajstić information content (AvgIpc) is 3.10. The van der Waals surface area contributed by atoms with Crippen molar-refractivity contribution in [2.75, 3.05) is 6.61 Å². The number of carbonyl (C=O) groups excluding carboxylic acids is 1. The van der Waals surface area contributed by atoms with Gasteiger partial charge < -0.3 is 20.3 Å². The molecule has 0 unspecified atom stereocenters. The van der Waals surface area contributed by atoms with Crippen LogP contribution in [0.3, 0.4) is 0 Å². The van der Waals surface area contributed by atoms with Crippen molar-refractivity contribution in [3.63, 3.8) is 0 Å². The number of carbonyl (C=O) groups is 2. The standard InChI is InChI=1S/C24H20FNO5/c25-20-12-6-5-11-18(20)21(22(27)23(28)29)26-24(30)31-13-19-16-9-3-1-7-14(16)15-8-2-4-10-17(15)19/h1-12,19,21-22,27H,13H2,(H,26,30)(H,28,29)/t21-,22-/m0/s1. The fourth-order valence-electron chi connectivity index (χ4n) is 3.96. The van der Waals surface area contributed by atoms with Crippen LogP contribution in [0.15, 0.2) is 72.8 Å². The molecule has 31 heavy (non-hydrogen) atoms. The van der Waals surface area contributed by atoms with Crippen molar-refractivity contribution in [2.45, 2.75) is 18.1 Å². The monoisotopic (exact) mass is 421 g/mol. The van der Waals surface area contributed by atoms with Gasteiger partial charge in [0.05, 0.1) is 6.04 Å². The summed E-state index contributed by atoms with van der Waals surface area (Å²) < 4.78 is 19.6. The fraction of sp³-hybridized carbons (Fsp3) is 0.167. The van der Waals surface area contributed by atoms with Gasteiger partial charge in [0.15, 0.2) is 6.10 Å². The Morgan fingerprint density at radius 2 is 1.48 bits per heavy atom. The minimum atomic E-state index is -2.04. The molecule has 0 heterocycles. The molecule has 0 radical (unpaired) electrons. The largest absolute Gasteiger partial charge is 0.479 e. The number of halogens is 1. The van der Waals surface area contributed by atoms with Gasteiger partial charge >= 0.3 is 12.1 Å². The predicted molar refractivity (Wildman–Crippen MR) is 111 cm³/mol. The first-order valence-electron chi connectivity index (χ1n) is 9.74. The highest BCUT2D eigenvalue weighted by molar-refractivity contribution is 5.79. The molecule has 0 saturated heterocycles. The number of nitrogens with one attached hydrogen (secondary N) is 1. The SMILES string of the molecule is O=C(N[C@@H](c1ccccc1F)[C@H](O)C(=O)O)OCC1c2ccccc2-c2ccccc21. The third-order valence-electron chi connectivity index (χ3n) is 5.43. The Balaban J connectivity index is 1.52. The summed E-state index contributed by atoms with van der Waals surface area (Å²) >= 11 is 0. The van der Waals surface area contributed by atoms with E-state index in [2.05, 4.69) is 5.32 Å². The highest BCUT2D eigenvalue weighted by Gasteiger charge is 2.33. The first kappa shape index (κ1) is 20.6. The van der Waals surface area contributed by atoms with E-state index in [4.69, 9.17) is 4.74 Å². The van der Waals surface area contributed by atoms with Gasteiger partial charge in [0.1, 0.15) is 12.4 Å². The van der Waals surface area contributed by atoms with Gasteiger partial charge in [0.2, 0.25) is 0 Å². The molecule has 7 heteroatoms. The van der Waals surface area contributed by atoms with E-state index < -0.39 is 30.0 Å². The molecule has 1 aliphatic carbocycles. The van der Waals surface area contributed by atoms with Crippen LogP contribution in [-0.2, 0) is 9.53 Å². The summed E-state index contributed by atoms with van der Waals surface area (Å²) in [6.45, 7) is 0.00696. The number of rotatable bonds is 6. The van der Waals surface area contributed by atoms with Gasteiger partial charge in [-0.05, 0) is 28.3 Å². The van der Waals surface area contributed by atoms with E-state index in [1.54, 1.807) is 0 Å². The van der Waals surface area contributed by atoms with Gasteiger partial charge in [-0.25, -0.2) is 14.0 Å². The summed E-state index contributed by atoms with van der Waals surface area (Å²) in [5.74, 6) is -2.52. The lowest BCUT2D eigenvalue weighted by Gasteiger charge is -2.23. The molecule has 1 aliphatic rings. The Hall–Kier alpha value is -3.71. The Morgan fingerprint density at radius 1 is 0.935 bits per heavy atom. The summed E-state index contributed by atoms with van der Waals surface area (Å²) in [7, 11) is 0. The first-order valence-corrected chi connectivity index (χ1v) is 9.74. The number of benzene rings is 3. The van der Waals surface area contributed by atoms with Crippen LogP contribution in [0.4, 0.5) is 9.18 Å². The van der Waals surface area contributed by atoms with Crippen molar-refractivity contribution in [1.82, 2.24) is 5.32 Å². The summed E-state index contributed by atoms with van der Waals surface area (Å²) in [5.41, 5.74) is 4.03. The van der Waals surface area contributed by atoms with Gasteiger partial charge in [0, 0.05) is 11.5 Å². The lowest BCUT2D eigenvalue weighted by atomic mass is 9.98. The molecule has 0 aliphatic heterocycles. The second-order valence-corrected chi connectivity index (χ2v) is 7.25. The van der Waals surface area contributed by atoms with Gasteiger partial charge in [-0.15, -0.1) is 0 Å². The van der Waals surface area contributed by atoms with E-state index in [-0.39, 0.29) is 18.1 Å². The van der Waals surface area contributed by atoms with Crippen LogP contribution in [0.2, 0.25) is 0 Å². The summed E-state index contributed by atoms with van der Waals surface area (Å²) in [6, 6.07) is 19.5. The van der Waals surface area contributed by atoms with Crippen molar-refractivity contribution in [2.24, 2.45) is 0 Å². The molecule has 6 nitrogen and oxygen atoms in total. The number of hydrogen-bond acceptors (Lipinski definition) is 4. The number of aliphatic hydroxyl groups excluding tert-OH is 1. The molecule has 4 rings (SSSR count). The zero-order chi connectivity index (χ0) is 22.0. The summed E-state index contributed by atoms with van der Waals surface area (Å²) in [6.07, 6.45) is -2.99. The number of hydrogen-bond donors (Lipinski definition) is 3. The zero-order valence-electron chi connectivity index (χ0n) is 16.4. The average molecular weight is 421 g/mol. The molecule has 158 valence electrons. The van der Waals surface area contributed by atoms with Crippen molar-refractivity contribution < 1.29 is 28.9 Å². The second kappa shape index (κ2) is 8.57. The Morgan fingerprint density at radius 3 is 2.06 bits per heavy atom. The van der Waals surface area contributed by atoms with Gasteiger partial charge in [-0.3, -0.25) is 0 Å². The van der Waals surface area contributed by atoms with E-state index in [9.17, 15) is 24.2 Å². The van der Waals surface area contributed by atoms with Crippen LogP contribution >= 0.6 is 0 Å². The van der Waals surface area contributed by atoms with Crippen LogP contribution in [-0.4, -0.2) is 35.0 Å². The van der Waals surface area contributed by atoms with E-state index in [1.807, 2.05) is 48.5 Å². The molecule has 1 amide bonds. The number of aliphatic carboxylic acids is 1. The van der Waals surface area contributed by atoms with Gasteiger partial charge in [-0.1, -0.05) is 66.7 Å². The molecule has 3 aromatic carbocycles. The maximum Gasteiger partial charge on any atom is 0.407 e. The third-order valence-corrected chi connectivity index (χ3v) is 5.43. The summed E-state index contributed by atoms with van der Waals surface area (Å²) in [5, 5.41) is 21.5. The smallest absolute Gasteiger partial charge is 0.407 e. The number of ether oxygens (including phenoxy) is 1. The van der Waals surface area contributed by atoms with Crippen molar-refractivity contribution in [3.8, 4) is 11.1 Å². The molecule has 0 saturated carbocycles. The Kier molecular flexibility index (Phi) is 5.68. The van der Waals surface area contributed by atoms with Crippen molar-refractivity contribution in [1.29, 1.82) is 0 Å². The van der Waals surface area contributed by atoms with Crippen LogP contribution in [0.25, 0.3) is 11.1 Å². The van der Waals surface area contributed by atoms with E-state index in [1.165, 1.54) is 18.2 Å². The highest BCUT2D eigenvalue weighted by Crippen LogP contribution is 2.44. The molecule has 2 atom stereocenters. The second-order valence-electron chi connectivity index (χ2n) is 7.25. The van der Waals surface area contributed by atoms with Crippen molar-refractivity contribution >= 4 is 12.1 Å². The minimum Gasteiger partial charge on any atom is -0.479 e. The van der Waals surface area contributed by atoms with Gasteiger partial charge in [-0.2, -0.15) is 0 Å². The van der Waals surface area contributed by atoms with E-state index in [0.717, 1.165) is 28.3 Å². The lowest BCUT2D eigenvalue weighted by Crippen LogP contribution is -2.41. The molecule has 0 fully saturated rings. The maximum absolute atomic E-state index is 14.2. The van der Waals surface area contributed by atoms with E-state index >= 15 is 0 Å². The third kappa shape index (κ3) is 4.00. The number of carboxylic acid groups (broad SMARTS) is 1. The number of amides is 1.